The lowest BCUT2D eigenvalue weighted by Gasteiger charge is -2.22. The monoisotopic (exact) mass is 274 g/mol. The van der Waals surface area contributed by atoms with Crippen LogP contribution in [-0.2, 0) is 17.7 Å². The Hall–Kier alpha value is -1.06. The molecule has 1 saturated heterocycles. The average Bonchev–Trinajstić information content (AvgIpc) is 2.98. The molecule has 2 unspecified atom stereocenters. The number of anilines is 1. The van der Waals surface area contributed by atoms with E-state index in [1.165, 1.54) is 24.1 Å². The van der Waals surface area contributed by atoms with E-state index in [2.05, 4.69) is 49.0 Å². The van der Waals surface area contributed by atoms with E-state index in [1.54, 1.807) is 5.56 Å². The first kappa shape index (κ1) is 13.9. The second-order valence-electron chi connectivity index (χ2n) is 6.58. The maximum atomic E-state index is 5.83. The van der Waals surface area contributed by atoms with Gasteiger partial charge in [-0.1, -0.05) is 19.1 Å². The molecule has 20 heavy (non-hydrogen) atoms. The van der Waals surface area contributed by atoms with Crippen molar-refractivity contribution in [2.75, 3.05) is 38.7 Å². The Morgan fingerprint density at radius 3 is 3.00 bits per heavy atom. The molecule has 0 aromatic heterocycles. The van der Waals surface area contributed by atoms with Crippen molar-refractivity contribution in [3.63, 3.8) is 0 Å². The Kier molecular flexibility index (Phi) is 3.99. The average molecular weight is 274 g/mol. The summed E-state index contributed by atoms with van der Waals surface area (Å²) in [6.45, 7) is 6.44. The zero-order chi connectivity index (χ0) is 14.1. The second-order valence-corrected chi connectivity index (χ2v) is 6.58. The molecule has 1 aromatic carbocycles. The van der Waals surface area contributed by atoms with Crippen molar-refractivity contribution in [2.24, 2.45) is 5.92 Å². The van der Waals surface area contributed by atoms with E-state index in [0.717, 1.165) is 32.2 Å². The number of rotatable bonds is 4. The molecule has 110 valence electrons. The van der Waals surface area contributed by atoms with Crippen molar-refractivity contribution in [3.05, 3.63) is 29.3 Å². The van der Waals surface area contributed by atoms with Gasteiger partial charge in [0.25, 0.3) is 0 Å². The standard InChI is InChI=1S/C17H26N2O/c1-13-9-15(20-12-13)11-18(2)10-14-5-4-6-17-16(14)7-8-19(17)3/h4-6,13,15H,7-12H2,1-3H3. The Labute approximate surface area is 122 Å². The molecule has 2 atom stereocenters. The van der Waals surface area contributed by atoms with Crippen LogP contribution in [0.15, 0.2) is 18.2 Å². The van der Waals surface area contributed by atoms with Crippen LogP contribution >= 0.6 is 0 Å². The highest BCUT2D eigenvalue weighted by molar-refractivity contribution is 5.60. The number of nitrogens with zero attached hydrogens (tertiary/aromatic N) is 2. The first-order valence-electron chi connectivity index (χ1n) is 7.75. The van der Waals surface area contributed by atoms with Gasteiger partial charge in [0.15, 0.2) is 0 Å². The molecule has 2 aliphatic rings. The first-order chi connectivity index (χ1) is 9.63. The Morgan fingerprint density at radius 1 is 1.40 bits per heavy atom. The summed E-state index contributed by atoms with van der Waals surface area (Å²) in [7, 11) is 4.40. The summed E-state index contributed by atoms with van der Waals surface area (Å²) in [5, 5.41) is 0. The van der Waals surface area contributed by atoms with Crippen molar-refractivity contribution >= 4 is 5.69 Å². The topological polar surface area (TPSA) is 15.7 Å². The van der Waals surface area contributed by atoms with Gasteiger partial charge >= 0.3 is 0 Å². The van der Waals surface area contributed by atoms with E-state index in [4.69, 9.17) is 4.74 Å². The summed E-state index contributed by atoms with van der Waals surface area (Å²) >= 11 is 0. The van der Waals surface area contributed by atoms with E-state index in [1.807, 2.05) is 0 Å². The number of ether oxygens (including phenoxy) is 1. The van der Waals surface area contributed by atoms with Gasteiger partial charge in [0.2, 0.25) is 0 Å². The van der Waals surface area contributed by atoms with Gasteiger partial charge in [-0.15, -0.1) is 0 Å². The van der Waals surface area contributed by atoms with Gasteiger partial charge in [0.1, 0.15) is 0 Å². The van der Waals surface area contributed by atoms with E-state index in [0.29, 0.717) is 6.10 Å². The number of hydrogen-bond acceptors (Lipinski definition) is 3. The van der Waals surface area contributed by atoms with E-state index in [-0.39, 0.29) is 0 Å². The summed E-state index contributed by atoms with van der Waals surface area (Å²) in [4.78, 5) is 4.78. The van der Waals surface area contributed by atoms with Crippen molar-refractivity contribution in [1.29, 1.82) is 0 Å². The molecule has 0 N–H and O–H groups in total. The molecule has 3 rings (SSSR count). The molecule has 0 spiro atoms. The van der Waals surface area contributed by atoms with Crippen molar-refractivity contribution in [2.45, 2.75) is 32.4 Å². The zero-order valence-electron chi connectivity index (χ0n) is 12.9. The van der Waals surface area contributed by atoms with Crippen molar-refractivity contribution in [1.82, 2.24) is 4.90 Å². The lowest BCUT2D eigenvalue weighted by molar-refractivity contribution is 0.0772. The second kappa shape index (κ2) is 5.74. The van der Waals surface area contributed by atoms with Gasteiger partial charge < -0.3 is 9.64 Å². The lowest BCUT2D eigenvalue weighted by atomic mass is 10.0. The van der Waals surface area contributed by atoms with E-state index < -0.39 is 0 Å². The van der Waals surface area contributed by atoms with Crippen LogP contribution in [0.25, 0.3) is 0 Å². The van der Waals surface area contributed by atoms with Crippen LogP contribution in [-0.4, -0.2) is 44.8 Å². The molecular formula is C17H26N2O. The SMILES string of the molecule is CC1COC(CN(C)Cc2cccc3c2CCN3C)C1. The normalized spacial score (nSPS) is 25.5. The molecule has 3 nitrogen and oxygen atoms in total. The number of hydrogen-bond donors (Lipinski definition) is 0. The molecule has 0 bridgehead atoms. The smallest absolute Gasteiger partial charge is 0.0705 e. The van der Waals surface area contributed by atoms with E-state index in [9.17, 15) is 0 Å². The summed E-state index contributed by atoms with van der Waals surface area (Å²) in [6, 6.07) is 6.72. The Morgan fingerprint density at radius 2 is 2.25 bits per heavy atom. The molecule has 2 aliphatic heterocycles. The molecule has 0 radical (unpaired) electrons. The number of benzene rings is 1. The minimum atomic E-state index is 0.425. The van der Waals surface area contributed by atoms with Crippen molar-refractivity contribution in [3.8, 4) is 0 Å². The maximum absolute atomic E-state index is 5.83. The molecular weight excluding hydrogens is 248 g/mol. The summed E-state index contributed by atoms with van der Waals surface area (Å²) in [6.07, 6.45) is 2.82. The molecule has 1 aromatic rings. The Balaban J connectivity index is 1.63. The van der Waals surface area contributed by atoms with Crippen LogP contribution < -0.4 is 4.90 Å². The van der Waals surface area contributed by atoms with Gasteiger partial charge in [-0.2, -0.15) is 0 Å². The van der Waals surface area contributed by atoms with Gasteiger partial charge in [-0.25, -0.2) is 0 Å². The van der Waals surface area contributed by atoms with Crippen molar-refractivity contribution < 1.29 is 4.74 Å². The van der Waals surface area contributed by atoms with Crippen LogP contribution in [0.3, 0.4) is 0 Å². The fraction of sp³-hybridized carbons (Fsp3) is 0.647. The zero-order valence-corrected chi connectivity index (χ0v) is 12.9. The molecule has 2 heterocycles. The fourth-order valence-electron chi connectivity index (χ4n) is 3.53. The predicted octanol–water partition coefficient (Wildman–Crippen LogP) is 2.54. The Bertz CT molecular complexity index is 474. The van der Waals surface area contributed by atoms with Crippen LogP contribution in [0.4, 0.5) is 5.69 Å². The quantitative estimate of drug-likeness (QED) is 0.839. The molecule has 3 heteroatoms. The third kappa shape index (κ3) is 2.84. The predicted molar refractivity (Wildman–Crippen MR) is 83.3 cm³/mol. The highest BCUT2D eigenvalue weighted by Crippen LogP contribution is 2.30. The summed E-state index contributed by atoms with van der Waals surface area (Å²) in [5.74, 6) is 0.725. The number of fused-ring (bicyclic) bond motifs is 1. The lowest BCUT2D eigenvalue weighted by Crippen LogP contribution is -2.28. The van der Waals surface area contributed by atoms with Gasteiger partial charge in [-0.3, -0.25) is 4.90 Å². The van der Waals surface area contributed by atoms with Crippen LogP contribution in [0.2, 0.25) is 0 Å². The third-order valence-electron chi connectivity index (χ3n) is 4.59. The maximum Gasteiger partial charge on any atom is 0.0705 e. The first-order valence-corrected chi connectivity index (χ1v) is 7.75. The highest BCUT2D eigenvalue weighted by atomic mass is 16.5. The van der Waals surface area contributed by atoms with Gasteiger partial charge in [0, 0.05) is 39.0 Å². The fourth-order valence-corrected chi connectivity index (χ4v) is 3.53. The molecule has 0 amide bonds. The molecule has 0 saturated carbocycles. The minimum absolute atomic E-state index is 0.425. The van der Waals surface area contributed by atoms with Gasteiger partial charge in [-0.05, 0) is 43.0 Å². The highest BCUT2D eigenvalue weighted by Gasteiger charge is 2.24. The van der Waals surface area contributed by atoms with Crippen LogP contribution in [0.1, 0.15) is 24.5 Å². The van der Waals surface area contributed by atoms with Gasteiger partial charge in [0.05, 0.1) is 6.10 Å². The summed E-state index contributed by atoms with van der Waals surface area (Å²) < 4.78 is 5.83. The largest absolute Gasteiger partial charge is 0.377 e. The number of likely N-dealkylation sites (N-methyl/N-ethyl adjacent to an activating group) is 2. The molecule has 0 aliphatic carbocycles. The molecule has 1 fully saturated rings. The minimum Gasteiger partial charge on any atom is -0.377 e. The van der Waals surface area contributed by atoms with Crippen LogP contribution in [0, 0.1) is 5.92 Å². The van der Waals surface area contributed by atoms with Crippen LogP contribution in [0.5, 0.6) is 0 Å². The van der Waals surface area contributed by atoms with E-state index >= 15 is 0 Å². The third-order valence-corrected chi connectivity index (χ3v) is 4.59. The summed E-state index contributed by atoms with van der Waals surface area (Å²) in [5.41, 5.74) is 4.45.